The van der Waals surface area contributed by atoms with Crippen LogP contribution in [0.4, 0.5) is 0 Å². The number of carbonyl (C=O) groups is 1. The lowest BCUT2D eigenvalue weighted by Gasteiger charge is -2.18. The number of carbonyl (C=O) groups excluding carboxylic acids is 1. The summed E-state index contributed by atoms with van der Waals surface area (Å²) in [7, 11) is 0. The van der Waals surface area contributed by atoms with E-state index in [1.54, 1.807) is 5.38 Å². The molecule has 4 rings (SSSR count). The molecule has 3 heterocycles. The molecule has 3 aromatic rings. The molecule has 6 nitrogen and oxygen atoms in total. The van der Waals surface area contributed by atoms with Crippen molar-refractivity contribution in [3.05, 3.63) is 52.2 Å². The Balaban J connectivity index is 1.58. The molecule has 0 unspecified atom stereocenters. The van der Waals surface area contributed by atoms with Gasteiger partial charge in [-0.25, -0.2) is 0 Å². The average molecular weight is 339 g/mol. The van der Waals surface area contributed by atoms with Crippen LogP contribution in [0, 0.1) is 6.92 Å². The second-order valence-electron chi connectivity index (χ2n) is 5.98. The number of hydrogen-bond donors (Lipinski definition) is 1. The third-order valence-electron chi connectivity index (χ3n) is 4.41. The summed E-state index contributed by atoms with van der Waals surface area (Å²) in [6, 6.07) is 8.39. The first-order valence-electron chi connectivity index (χ1n) is 7.92. The number of nitrogens with zero attached hydrogens (tertiary/aromatic N) is 4. The molecule has 0 radical (unpaired) electrons. The van der Waals surface area contributed by atoms with Gasteiger partial charge in [0.05, 0.1) is 5.69 Å². The van der Waals surface area contributed by atoms with Gasteiger partial charge in [-0.1, -0.05) is 34.3 Å². The van der Waals surface area contributed by atoms with Crippen molar-refractivity contribution in [2.45, 2.75) is 19.8 Å². The van der Waals surface area contributed by atoms with Crippen LogP contribution in [0.5, 0.6) is 0 Å². The molecule has 0 saturated carbocycles. The maximum absolute atomic E-state index is 12.5. The Hall–Kier alpha value is -2.54. The van der Waals surface area contributed by atoms with Crippen LogP contribution >= 0.6 is 11.5 Å². The Morgan fingerprint density at radius 3 is 2.75 bits per heavy atom. The van der Waals surface area contributed by atoms with E-state index in [9.17, 15) is 4.79 Å². The normalized spacial score (nSPS) is 14.3. The van der Waals surface area contributed by atoms with E-state index in [0.29, 0.717) is 18.8 Å². The quantitative estimate of drug-likeness (QED) is 0.778. The molecular formula is C17H17N5OS. The monoisotopic (exact) mass is 339 g/mol. The highest BCUT2D eigenvalue weighted by Gasteiger charge is 2.24. The second-order valence-corrected chi connectivity index (χ2v) is 6.59. The smallest absolute Gasteiger partial charge is 0.275 e. The van der Waals surface area contributed by atoms with E-state index >= 15 is 0 Å². The summed E-state index contributed by atoms with van der Waals surface area (Å²) in [5.74, 6) is -0.0428. The van der Waals surface area contributed by atoms with Gasteiger partial charge in [0.25, 0.3) is 5.91 Å². The summed E-state index contributed by atoms with van der Waals surface area (Å²) in [5.41, 5.74) is 6.11. The standard InChI is InChI=1S/C17H17N5OS/c1-11-2-4-12(5-3-11)16-13-6-8-22(9-7-14(13)18-20-16)17(23)15-10-24-21-19-15/h2-5,10H,6-9H2,1H3,(H,18,20). The third-order valence-corrected chi connectivity index (χ3v) is 4.91. The average Bonchev–Trinajstić information content (AvgIpc) is 3.21. The topological polar surface area (TPSA) is 74.8 Å². The van der Waals surface area contributed by atoms with Crippen molar-refractivity contribution in [3.63, 3.8) is 0 Å². The van der Waals surface area contributed by atoms with Crippen LogP contribution in [0.15, 0.2) is 29.6 Å². The number of rotatable bonds is 2. The highest BCUT2D eigenvalue weighted by molar-refractivity contribution is 7.03. The van der Waals surface area contributed by atoms with Crippen molar-refractivity contribution in [1.82, 2.24) is 24.7 Å². The van der Waals surface area contributed by atoms with Gasteiger partial charge in [-0.05, 0) is 24.9 Å². The highest BCUT2D eigenvalue weighted by Crippen LogP contribution is 2.27. The van der Waals surface area contributed by atoms with Crippen molar-refractivity contribution >= 4 is 17.4 Å². The molecule has 0 saturated heterocycles. The first-order chi connectivity index (χ1) is 11.7. The zero-order chi connectivity index (χ0) is 16.5. The minimum Gasteiger partial charge on any atom is -0.337 e. The minimum atomic E-state index is -0.0428. The molecule has 0 fully saturated rings. The molecule has 1 aromatic carbocycles. The summed E-state index contributed by atoms with van der Waals surface area (Å²) in [4.78, 5) is 14.3. The largest absolute Gasteiger partial charge is 0.337 e. The van der Waals surface area contributed by atoms with Crippen molar-refractivity contribution in [2.75, 3.05) is 13.1 Å². The minimum absolute atomic E-state index is 0.0428. The number of aryl methyl sites for hydroxylation is 1. The Labute approximate surface area is 143 Å². The number of hydrogen-bond acceptors (Lipinski definition) is 5. The van der Waals surface area contributed by atoms with Gasteiger partial charge in [0, 0.05) is 41.7 Å². The van der Waals surface area contributed by atoms with Crippen molar-refractivity contribution < 1.29 is 4.79 Å². The molecule has 1 N–H and O–H groups in total. The summed E-state index contributed by atoms with van der Waals surface area (Å²) in [6.45, 7) is 3.41. The molecule has 2 aromatic heterocycles. The maximum Gasteiger partial charge on any atom is 0.275 e. The maximum atomic E-state index is 12.5. The molecule has 1 aliphatic heterocycles. The van der Waals surface area contributed by atoms with E-state index in [2.05, 4.69) is 51.0 Å². The van der Waals surface area contributed by atoms with Crippen LogP contribution in [-0.2, 0) is 12.8 Å². The molecular weight excluding hydrogens is 322 g/mol. The Morgan fingerprint density at radius 1 is 1.21 bits per heavy atom. The van der Waals surface area contributed by atoms with Gasteiger partial charge in [-0.3, -0.25) is 9.89 Å². The number of benzene rings is 1. The number of H-pyrrole nitrogens is 1. The Morgan fingerprint density at radius 2 is 2.00 bits per heavy atom. The lowest BCUT2D eigenvalue weighted by molar-refractivity contribution is 0.0757. The van der Waals surface area contributed by atoms with Gasteiger partial charge in [-0.2, -0.15) is 5.10 Å². The molecule has 24 heavy (non-hydrogen) atoms. The van der Waals surface area contributed by atoms with Gasteiger partial charge in [-0.15, -0.1) is 5.10 Å². The number of amides is 1. The number of nitrogens with one attached hydrogen (secondary N) is 1. The van der Waals surface area contributed by atoms with E-state index in [-0.39, 0.29) is 5.91 Å². The number of aromatic nitrogens is 4. The number of fused-ring (bicyclic) bond motifs is 1. The lowest BCUT2D eigenvalue weighted by Crippen LogP contribution is -2.33. The predicted molar refractivity (Wildman–Crippen MR) is 92.0 cm³/mol. The second kappa shape index (κ2) is 6.16. The van der Waals surface area contributed by atoms with E-state index in [1.807, 2.05) is 4.90 Å². The van der Waals surface area contributed by atoms with E-state index < -0.39 is 0 Å². The van der Waals surface area contributed by atoms with Crippen LogP contribution in [-0.4, -0.2) is 43.7 Å². The van der Waals surface area contributed by atoms with Gasteiger partial charge in [0.15, 0.2) is 5.69 Å². The summed E-state index contributed by atoms with van der Waals surface area (Å²) in [6.07, 6.45) is 1.57. The van der Waals surface area contributed by atoms with Crippen molar-refractivity contribution in [2.24, 2.45) is 0 Å². The van der Waals surface area contributed by atoms with Crippen LogP contribution in [0.25, 0.3) is 11.3 Å². The SMILES string of the molecule is Cc1ccc(-c2n[nH]c3c2CCN(C(=O)c2csnn2)CC3)cc1. The van der Waals surface area contributed by atoms with Gasteiger partial charge >= 0.3 is 0 Å². The fourth-order valence-electron chi connectivity index (χ4n) is 3.06. The van der Waals surface area contributed by atoms with Crippen LogP contribution in [0.3, 0.4) is 0 Å². The van der Waals surface area contributed by atoms with Crippen molar-refractivity contribution in [1.29, 1.82) is 0 Å². The van der Waals surface area contributed by atoms with Crippen LogP contribution in [0.2, 0.25) is 0 Å². The van der Waals surface area contributed by atoms with Gasteiger partial charge in [0.2, 0.25) is 0 Å². The van der Waals surface area contributed by atoms with Gasteiger partial charge < -0.3 is 4.90 Å². The third kappa shape index (κ3) is 2.71. The molecule has 7 heteroatoms. The Kier molecular flexibility index (Phi) is 3.86. The van der Waals surface area contributed by atoms with E-state index in [0.717, 1.165) is 29.8 Å². The molecule has 1 aliphatic rings. The summed E-state index contributed by atoms with van der Waals surface area (Å²) < 4.78 is 3.78. The first-order valence-corrected chi connectivity index (χ1v) is 8.75. The highest BCUT2D eigenvalue weighted by atomic mass is 32.1. The predicted octanol–water partition coefficient (Wildman–Crippen LogP) is 2.48. The van der Waals surface area contributed by atoms with Crippen molar-refractivity contribution in [3.8, 4) is 11.3 Å². The fraction of sp³-hybridized carbons (Fsp3) is 0.294. The molecule has 0 bridgehead atoms. The van der Waals surface area contributed by atoms with Crippen LogP contribution < -0.4 is 0 Å². The zero-order valence-electron chi connectivity index (χ0n) is 13.3. The molecule has 0 spiro atoms. The Bertz CT molecular complexity index is 854. The summed E-state index contributed by atoms with van der Waals surface area (Å²) in [5, 5.41) is 13.3. The van der Waals surface area contributed by atoms with E-state index in [1.165, 1.54) is 22.7 Å². The fourth-order valence-corrected chi connectivity index (χ4v) is 3.49. The zero-order valence-corrected chi connectivity index (χ0v) is 14.1. The van der Waals surface area contributed by atoms with E-state index in [4.69, 9.17) is 0 Å². The first kappa shape index (κ1) is 15.0. The van der Waals surface area contributed by atoms with Gasteiger partial charge in [0.1, 0.15) is 0 Å². The molecule has 122 valence electrons. The van der Waals surface area contributed by atoms with Crippen LogP contribution in [0.1, 0.15) is 27.3 Å². The molecule has 0 aliphatic carbocycles. The number of aromatic amines is 1. The molecule has 0 atom stereocenters. The molecule has 1 amide bonds. The summed E-state index contributed by atoms with van der Waals surface area (Å²) >= 11 is 1.20. The lowest BCUT2D eigenvalue weighted by atomic mass is 10.0.